The predicted octanol–water partition coefficient (Wildman–Crippen LogP) is 13.2. The largest absolute Gasteiger partial charge is 0.255 e. The Balaban J connectivity index is 1.00. The van der Waals surface area contributed by atoms with Crippen LogP contribution in [0.4, 0.5) is 0 Å². The Bertz CT molecular complexity index is 2920. The Morgan fingerprint density at radius 3 is 1.44 bits per heavy atom. The van der Waals surface area contributed by atoms with Gasteiger partial charge < -0.3 is 0 Å². The van der Waals surface area contributed by atoms with Crippen LogP contribution in [0.25, 0.3) is 89.9 Å². The number of aromatic nitrogens is 4. The second-order valence-corrected chi connectivity index (χ2v) is 15.1. The van der Waals surface area contributed by atoms with Gasteiger partial charge in [0.1, 0.15) is 0 Å². The molecule has 0 amide bonds. The van der Waals surface area contributed by atoms with Crippen molar-refractivity contribution in [2.75, 3.05) is 0 Å². The van der Waals surface area contributed by atoms with Gasteiger partial charge in [-0.2, -0.15) is 0 Å². The molecule has 2 aromatic heterocycles. The van der Waals surface area contributed by atoms with E-state index in [0.717, 1.165) is 44.6 Å². The molecule has 270 valence electrons. The van der Waals surface area contributed by atoms with Crippen molar-refractivity contribution in [1.29, 1.82) is 0 Å². The van der Waals surface area contributed by atoms with Crippen LogP contribution >= 0.6 is 0 Å². The molecular formula is C53H38N4. The first kappa shape index (κ1) is 34.2. The van der Waals surface area contributed by atoms with Crippen molar-refractivity contribution >= 4 is 0 Å². The first-order valence-corrected chi connectivity index (χ1v) is 19.4. The Labute approximate surface area is 333 Å². The molecule has 0 radical (unpaired) electrons. The number of hydrogen-bond donors (Lipinski definition) is 0. The molecule has 4 heteroatoms. The van der Waals surface area contributed by atoms with Gasteiger partial charge in [-0.1, -0.05) is 172 Å². The molecule has 9 aromatic rings. The molecule has 0 aliphatic heterocycles. The molecule has 57 heavy (non-hydrogen) atoms. The SMILES string of the molecule is CC1(C)c2ccccc2-c2c(-c3cccc(-c4cccc(-c5cccc(-c6nc(-c7ccccc7)nc(-c7ccc(-c8ccccc8)nc7)n6)c5)c4)c3)cccc21. The second-order valence-electron chi connectivity index (χ2n) is 15.1. The van der Waals surface area contributed by atoms with Crippen molar-refractivity contribution in [3.63, 3.8) is 0 Å². The van der Waals surface area contributed by atoms with Gasteiger partial charge in [0, 0.05) is 33.9 Å². The maximum Gasteiger partial charge on any atom is 0.165 e. The highest BCUT2D eigenvalue weighted by Gasteiger charge is 2.36. The summed E-state index contributed by atoms with van der Waals surface area (Å²) in [5.41, 5.74) is 17.1. The van der Waals surface area contributed by atoms with Crippen LogP contribution < -0.4 is 0 Å². The first-order chi connectivity index (χ1) is 28.0. The van der Waals surface area contributed by atoms with Crippen molar-refractivity contribution in [3.8, 4) is 89.9 Å². The lowest BCUT2D eigenvalue weighted by molar-refractivity contribution is 0.660. The molecule has 1 aliphatic rings. The zero-order valence-electron chi connectivity index (χ0n) is 31.8. The van der Waals surface area contributed by atoms with E-state index in [-0.39, 0.29) is 5.41 Å². The number of benzene rings is 7. The smallest absolute Gasteiger partial charge is 0.165 e. The van der Waals surface area contributed by atoms with Crippen molar-refractivity contribution in [3.05, 3.63) is 205 Å². The number of nitrogens with zero attached hydrogens (tertiary/aromatic N) is 4. The molecule has 2 heterocycles. The monoisotopic (exact) mass is 730 g/mol. The topological polar surface area (TPSA) is 51.6 Å². The third-order valence-electron chi connectivity index (χ3n) is 11.2. The van der Waals surface area contributed by atoms with Crippen LogP contribution in [-0.2, 0) is 5.41 Å². The average Bonchev–Trinajstić information content (AvgIpc) is 3.53. The predicted molar refractivity (Wildman–Crippen MR) is 233 cm³/mol. The van der Waals surface area contributed by atoms with Crippen molar-refractivity contribution in [2.24, 2.45) is 0 Å². The maximum atomic E-state index is 5.03. The Morgan fingerprint density at radius 2 is 0.789 bits per heavy atom. The van der Waals surface area contributed by atoms with E-state index < -0.39 is 0 Å². The van der Waals surface area contributed by atoms with E-state index in [4.69, 9.17) is 19.9 Å². The minimum atomic E-state index is -0.0419. The van der Waals surface area contributed by atoms with Crippen LogP contribution in [0.5, 0.6) is 0 Å². The molecule has 1 aliphatic carbocycles. The zero-order chi connectivity index (χ0) is 38.3. The number of rotatable bonds is 7. The summed E-state index contributed by atoms with van der Waals surface area (Å²) in [6.07, 6.45) is 1.85. The van der Waals surface area contributed by atoms with Gasteiger partial charge in [-0.05, 0) is 86.0 Å². The highest BCUT2D eigenvalue weighted by Crippen LogP contribution is 2.52. The minimum absolute atomic E-state index is 0.0419. The molecular weight excluding hydrogens is 693 g/mol. The zero-order valence-corrected chi connectivity index (χ0v) is 31.8. The van der Waals surface area contributed by atoms with Gasteiger partial charge in [0.05, 0.1) is 5.69 Å². The minimum Gasteiger partial charge on any atom is -0.255 e. The van der Waals surface area contributed by atoms with Gasteiger partial charge in [0.25, 0.3) is 0 Å². The van der Waals surface area contributed by atoms with Crippen molar-refractivity contribution in [1.82, 2.24) is 19.9 Å². The quantitative estimate of drug-likeness (QED) is 0.164. The van der Waals surface area contributed by atoms with Crippen LogP contribution in [0.2, 0.25) is 0 Å². The van der Waals surface area contributed by atoms with Gasteiger partial charge in [0.15, 0.2) is 17.5 Å². The average molecular weight is 731 g/mol. The lowest BCUT2D eigenvalue weighted by atomic mass is 9.82. The summed E-state index contributed by atoms with van der Waals surface area (Å²) in [5, 5.41) is 0. The van der Waals surface area contributed by atoms with Crippen LogP contribution in [0.1, 0.15) is 25.0 Å². The normalized spacial score (nSPS) is 12.5. The Hall–Kier alpha value is -7.30. The van der Waals surface area contributed by atoms with E-state index >= 15 is 0 Å². The van der Waals surface area contributed by atoms with Crippen molar-refractivity contribution < 1.29 is 0 Å². The number of pyridine rings is 1. The van der Waals surface area contributed by atoms with E-state index in [1.54, 1.807) is 0 Å². The summed E-state index contributed by atoms with van der Waals surface area (Å²) in [5.74, 6) is 1.80. The molecule has 4 nitrogen and oxygen atoms in total. The summed E-state index contributed by atoms with van der Waals surface area (Å²) in [6.45, 7) is 4.67. The van der Waals surface area contributed by atoms with Gasteiger partial charge >= 0.3 is 0 Å². The summed E-state index contributed by atoms with van der Waals surface area (Å²) >= 11 is 0. The molecule has 10 rings (SSSR count). The molecule has 0 saturated carbocycles. The highest BCUT2D eigenvalue weighted by atomic mass is 15.0. The third kappa shape index (κ3) is 6.31. The third-order valence-corrected chi connectivity index (χ3v) is 11.2. The molecule has 7 aromatic carbocycles. The molecule has 0 fully saturated rings. The Kier molecular flexibility index (Phi) is 8.45. The molecule has 0 bridgehead atoms. The van der Waals surface area contributed by atoms with E-state index in [1.165, 1.54) is 38.9 Å². The van der Waals surface area contributed by atoms with Crippen LogP contribution in [0.15, 0.2) is 194 Å². The number of fused-ring (bicyclic) bond motifs is 3. The molecule has 0 atom stereocenters. The fraction of sp³-hybridized carbons (Fsp3) is 0.0566. The lowest BCUT2D eigenvalue weighted by Gasteiger charge is -2.21. The summed E-state index contributed by atoms with van der Waals surface area (Å²) < 4.78 is 0. The van der Waals surface area contributed by atoms with Gasteiger partial charge in [-0.25, -0.2) is 15.0 Å². The molecule has 0 saturated heterocycles. The van der Waals surface area contributed by atoms with E-state index in [2.05, 4.69) is 141 Å². The first-order valence-electron chi connectivity index (χ1n) is 19.4. The van der Waals surface area contributed by atoms with Crippen LogP contribution in [0, 0.1) is 0 Å². The second kappa shape index (κ2) is 14.1. The number of hydrogen-bond acceptors (Lipinski definition) is 4. The van der Waals surface area contributed by atoms with Gasteiger partial charge in [0.2, 0.25) is 0 Å². The van der Waals surface area contributed by atoms with E-state index in [0.29, 0.717) is 17.5 Å². The standard InChI is InChI=1S/C53H38N4/c1-53(2)46-27-10-9-25-45(46)49-44(26-14-28-47(49)53)41-23-12-21-39(32-41)37-19-11-20-38(31-37)40-22-13-24-42(33-40)51-55-50(36-17-7-4-8-18-36)56-52(57-51)43-29-30-48(54-34-43)35-15-5-3-6-16-35/h3-34H,1-2H3. The Morgan fingerprint density at radius 1 is 0.333 bits per heavy atom. The van der Waals surface area contributed by atoms with Gasteiger partial charge in [-0.15, -0.1) is 0 Å². The van der Waals surface area contributed by atoms with Gasteiger partial charge in [-0.3, -0.25) is 4.98 Å². The summed E-state index contributed by atoms with van der Waals surface area (Å²) in [7, 11) is 0. The van der Waals surface area contributed by atoms with Crippen LogP contribution in [0.3, 0.4) is 0 Å². The summed E-state index contributed by atoms with van der Waals surface area (Å²) in [6, 6.07) is 66.1. The molecule has 0 N–H and O–H groups in total. The van der Waals surface area contributed by atoms with E-state index in [9.17, 15) is 0 Å². The summed E-state index contributed by atoms with van der Waals surface area (Å²) in [4.78, 5) is 19.7. The lowest BCUT2D eigenvalue weighted by Crippen LogP contribution is -2.14. The molecule has 0 spiro atoms. The fourth-order valence-electron chi connectivity index (χ4n) is 8.23. The maximum absolute atomic E-state index is 5.03. The highest BCUT2D eigenvalue weighted by molar-refractivity contribution is 5.93. The van der Waals surface area contributed by atoms with Crippen molar-refractivity contribution in [2.45, 2.75) is 19.3 Å². The fourth-order valence-corrected chi connectivity index (χ4v) is 8.23. The molecule has 0 unspecified atom stereocenters. The van der Waals surface area contributed by atoms with E-state index in [1.807, 2.05) is 66.9 Å². The van der Waals surface area contributed by atoms with Crippen LogP contribution in [-0.4, -0.2) is 19.9 Å².